The van der Waals surface area contributed by atoms with Gasteiger partial charge in [0.25, 0.3) is 0 Å². The van der Waals surface area contributed by atoms with E-state index in [9.17, 15) is 20.1 Å². The number of aliphatic hydroxyl groups excluding tert-OH is 3. The fraction of sp³-hybridized carbons (Fsp3) is 0.915. The Labute approximate surface area is 457 Å². The van der Waals surface area contributed by atoms with E-state index in [1.165, 1.54) is 5.57 Å². The van der Waals surface area contributed by atoms with Gasteiger partial charge in [0, 0.05) is 63.7 Å². The van der Waals surface area contributed by atoms with Gasteiger partial charge >= 0.3 is 5.97 Å². The van der Waals surface area contributed by atoms with Crippen molar-refractivity contribution in [3.63, 3.8) is 0 Å². The molecule has 18 unspecified atom stereocenters. The van der Waals surface area contributed by atoms with Gasteiger partial charge in [0.2, 0.25) is 0 Å². The molecule has 434 valence electrons. The van der Waals surface area contributed by atoms with E-state index in [1.54, 1.807) is 0 Å². The molecule has 10 bridgehead atoms. The standard InChI is InChI=1S/C59H84O19/c1-25-12-32-7-6-30-13-33(8-10-36(25)64-32)65-38(28(30)4)16-41-52(72-47(63)15-34-9-11-37-53(66-34)56-57-55(68-37)54-43(70-57)19-48(73-54)74-56)29(5)51-42(67-41)18-40-45(71-51)22-59(75-40)23-46-50(78-59)27(3)21-58(77-46)20-26(2)49-44(76-58)17-39(69-49)35(62)14-31(61)24-60/h26-27,29-46,48-57,60-62H,1,4,6-24H2,2-3,5H3/t26?,27?,29?,30?,31?,32-,33?,34?,35?,36?,37-,38?,39-,40?,41-,42?,43?,44-,45?,46-,48?,49-,50-,51?,52?,53-,54-,55-,56-,57?,58+,59-/m0/s1. The summed E-state index contributed by atoms with van der Waals surface area (Å²) in [6.45, 7) is 15.2. The molecule has 78 heavy (non-hydrogen) atoms. The Kier molecular flexibility index (Phi) is 13.8. The van der Waals surface area contributed by atoms with Gasteiger partial charge in [0.1, 0.15) is 36.6 Å². The summed E-state index contributed by atoms with van der Waals surface area (Å²) in [6.07, 6.45) is 3.71. The van der Waals surface area contributed by atoms with Crippen LogP contribution in [-0.4, -0.2) is 198 Å². The van der Waals surface area contributed by atoms with E-state index in [4.69, 9.17) is 77.6 Å². The van der Waals surface area contributed by atoms with E-state index in [1.807, 2.05) is 0 Å². The number of carbonyl (C=O) groups is 1. The van der Waals surface area contributed by atoms with Crippen molar-refractivity contribution in [1.82, 2.24) is 0 Å². The van der Waals surface area contributed by atoms with Crippen LogP contribution >= 0.6 is 0 Å². The van der Waals surface area contributed by atoms with Crippen LogP contribution in [0.3, 0.4) is 0 Å². The molecule has 19 heteroatoms. The number of carbonyl (C=O) groups excluding carboxylic acids is 1. The first kappa shape index (κ1) is 53.0. The fourth-order valence-electron chi connectivity index (χ4n) is 18.0. The molecular formula is C59H84O19. The average Bonchev–Trinajstić information content (AvgIpc) is 4.40. The van der Waals surface area contributed by atoms with Crippen molar-refractivity contribution in [3.05, 3.63) is 24.3 Å². The zero-order chi connectivity index (χ0) is 53.1. The molecule has 0 amide bonds. The smallest absolute Gasteiger partial charge is 0.308 e. The lowest BCUT2D eigenvalue weighted by Gasteiger charge is -2.50. The summed E-state index contributed by atoms with van der Waals surface area (Å²) in [5.74, 6) is -1.85. The van der Waals surface area contributed by atoms with Gasteiger partial charge in [-0.2, -0.15) is 0 Å². The maximum atomic E-state index is 14.5. The minimum Gasteiger partial charge on any atom is -0.459 e. The Bertz CT molecular complexity index is 2290. The Balaban J connectivity index is 0.636. The minimum atomic E-state index is -1.01. The fourth-order valence-corrected chi connectivity index (χ4v) is 18.0. The summed E-state index contributed by atoms with van der Waals surface area (Å²) in [6, 6.07) is 0. The number of hydrogen-bond acceptors (Lipinski definition) is 19. The second-order valence-electron chi connectivity index (χ2n) is 27.0. The summed E-state index contributed by atoms with van der Waals surface area (Å²) in [5, 5.41) is 30.3. The van der Waals surface area contributed by atoms with Gasteiger partial charge in [-0.1, -0.05) is 33.9 Å². The van der Waals surface area contributed by atoms with E-state index >= 15 is 0 Å². The largest absolute Gasteiger partial charge is 0.459 e. The molecule has 16 rings (SSSR count). The zero-order valence-corrected chi connectivity index (χ0v) is 45.5. The Morgan fingerprint density at radius 3 is 2.18 bits per heavy atom. The highest BCUT2D eigenvalue weighted by Gasteiger charge is 2.67. The van der Waals surface area contributed by atoms with Gasteiger partial charge in [-0.05, 0) is 80.3 Å². The van der Waals surface area contributed by atoms with Gasteiger partial charge in [0.05, 0.1) is 129 Å². The molecule has 32 atom stereocenters. The molecule has 16 aliphatic heterocycles. The predicted octanol–water partition coefficient (Wildman–Crippen LogP) is 4.54. The molecule has 0 radical (unpaired) electrons. The maximum Gasteiger partial charge on any atom is 0.308 e. The summed E-state index contributed by atoms with van der Waals surface area (Å²) in [7, 11) is 0. The van der Waals surface area contributed by atoms with Crippen molar-refractivity contribution in [1.29, 1.82) is 0 Å². The van der Waals surface area contributed by atoms with Gasteiger partial charge in [-0.15, -0.1) is 0 Å². The summed E-state index contributed by atoms with van der Waals surface area (Å²) >= 11 is 0. The first-order valence-electron chi connectivity index (χ1n) is 30.4. The Hall–Kier alpha value is -1.73. The van der Waals surface area contributed by atoms with E-state index in [0.29, 0.717) is 57.8 Å². The molecule has 3 N–H and O–H groups in total. The second-order valence-corrected chi connectivity index (χ2v) is 27.0. The van der Waals surface area contributed by atoms with Crippen LogP contribution in [0.5, 0.6) is 0 Å². The molecule has 16 fully saturated rings. The van der Waals surface area contributed by atoms with Crippen LogP contribution < -0.4 is 0 Å². The molecule has 16 aliphatic rings. The molecule has 0 saturated carbocycles. The molecular weight excluding hydrogens is 1010 g/mol. The SMILES string of the molecule is C=C1C[C@@H]2CCC3CC(CCC1O2)OC(C[C@@H]1OC2CC4O[C@]5(CC4OC2C(C)C1OC(=O)CC1CC[C@@H]2O[C@@H]4C6OC7CC(O[C@H]6[C@H]2O1)O[C@@H]74)C[C@@H]1O[C@]2(CC(C)[C@@H]4O[C@H](C(O)CC(O)CO)C[C@@H]4O2)CC(C)[C@@H]1O5)C3=C. The number of aliphatic hydroxyl groups is 3. The van der Waals surface area contributed by atoms with Crippen molar-refractivity contribution in [2.75, 3.05) is 6.61 Å². The third-order valence-corrected chi connectivity index (χ3v) is 21.6. The van der Waals surface area contributed by atoms with Crippen LogP contribution in [0.2, 0.25) is 0 Å². The highest BCUT2D eigenvalue weighted by molar-refractivity contribution is 5.70. The molecule has 2 spiro atoms. The molecule has 0 aromatic rings. The lowest BCUT2D eigenvalue weighted by atomic mass is 9.78. The molecule has 0 aromatic heterocycles. The number of fused-ring (bicyclic) bond motifs is 9. The molecule has 16 saturated heterocycles. The lowest BCUT2D eigenvalue weighted by molar-refractivity contribution is -0.347. The molecule has 19 nitrogen and oxygen atoms in total. The molecule has 16 heterocycles. The third-order valence-electron chi connectivity index (χ3n) is 21.6. The van der Waals surface area contributed by atoms with Crippen molar-refractivity contribution in [2.24, 2.45) is 23.7 Å². The van der Waals surface area contributed by atoms with Crippen LogP contribution in [-0.2, 0) is 75.8 Å². The third kappa shape index (κ3) is 9.28. The number of ether oxygens (including phenoxy) is 15. The van der Waals surface area contributed by atoms with Gasteiger partial charge < -0.3 is 86.4 Å². The van der Waals surface area contributed by atoms with E-state index in [-0.39, 0.29) is 171 Å². The maximum absolute atomic E-state index is 14.5. The van der Waals surface area contributed by atoms with Crippen molar-refractivity contribution >= 4 is 5.97 Å². The first-order chi connectivity index (χ1) is 37.6. The van der Waals surface area contributed by atoms with Crippen LogP contribution in [0.4, 0.5) is 0 Å². The minimum absolute atomic E-state index is 0.0247. The van der Waals surface area contributed by atoms with Crippen LogP contribution in [0.25, 0.3) is 0 Å². The Morgan fingerprint density at radius 2 is 1.32 bits per heavy atom. The first-order valence-corrected chi connectivity index (χ1v) is 30.4. The molecule has 0 aromatic carbocycles. The Morgan fingerprint density at radius 1 is 0.615 bits per heavy atom. The number of esters is 1. The van der Waals surface area contributed by atoms with E-state index < -0.39 is 48.7 Å². The quantitative estimate of drug-likeness (QED) is 0.214. The summed E-state index contributed by atoms with van der Waals surface area (Å²) in [4.78, 5) is 14.5. The monoisotopic (exact) mass is 1100 g/mol. The lowest BCUT2D eigenvalue weighted by Crippen LogP contribution is -2.61. The number of rotatable bonds is 9. The van der Waals surface area contributed by atoms with Gasteiger partial charge in [-0.3, -0.25) is 4.79 Å². The summed E-state index contributed by atoms with van der Waals surface area (Å²) < 4.78 is 101. The van der Waals surface area contributed by atoms with Crippen molar-refractivity contribution in [2.45, 2.75) is 307 Å². The van der Waals surface area contributed by atoms with Crippen molar-refractivity contribution < 1.29 is 91.2 Å². The normalized spacial score (nSPS) is 56.2. The average molecular weight is 1100 g/mol. The topological polar surface area (TPSA) is 216 Å². The predicted molar refractivity (Wildman–Crippen MR) is 269 cm³/mol. The zero-order valence-electron chi connectivity index (χ0n) is 45.5. The highest BCUT2D eigenvalue weighted by Crippen LogP contribution is 2.57. The van der Waals surface area contributed by atoms with Crippen LogP contribution in [0, 0.1) is 23.7 Å². The van der Waals surface area contributed by atoms with E-state index in [0.717, 1.165) is 50.5 Å². The van der Waals surface area contributed by atoms with Crippen LogP contribution in [0.1, 0.15) is 136 Å². The van der Waals surface area contributed by atoms with Crippen LogP contribution in [0.15, 0.2) is 24.3 Å². The second kappa shape index (κ2) is 20.2. The van der Waals surface area contributed by atoms with E-state index in [2.05, 4.69) is 27.4 Å². The summed E-state index contributed by atoms with van der Waals surface area (Å²) in [5.41, 5.74) is 2.27. The van der Waals surface area contributed by atoms with Gasteiger partial charge in [0.15, 0.2) is 17.9 Å². The molecule has 0 aliphatic carbocycles. The van der Waals surface area contributed by atoms with Crippen molar-refractivity contribution in [3.8, 4) is 0 Å². The highest BCUT2D eigenvalue weighted by atomic mass is 16.8. The van der Waals surface area contributed by atoms with Gasteiger partial charge in [-0.25, -0.2) is 0 Å². The number of hydrogen-bond donors (Lipinski definition) is 3.